The van der Waals surface area contributed by atoms with E-state index in [0.717, 1.165) is 25.7 Å². The Labute approximate surface area is 177 Å². The molecule has 3 saturated heterocycles. The van der Waals surface area contributed by atoms with Crippen LogP contribution in [0.1, 0.15) is 53.4 Å². The molecule has 0 aromatic heterocycles. The van der Waals surface area contributed by atoms with Crippen molar-refractivity contribution in [3.05, 3.63) is 0 Å². The third-order valence-electron chi connectivity index (χ3n) is 6.80. The van der Waals surface area contributed by atoms with Gasteiger partial charge in [-0.2, -0.15) is 0 Å². The number of likely N-dealkylation sites (tertiary alicyclic amines) is 1. The first-order chi connectivity index (χ1) is 13.8. The number of carbonyl (C=O) groups is 3. The van der Waals surface area contributed by atoms with E-state index < -0.39 is 22.6 Å². The summed E-state index contributed by atoms with van der Waals surface area (Å²) in [6, 6.07) is -0.614. The summed E-state index contributed by atoms with van der Waals surface area (Å²) in [6.07, 6.45) is 3.51. The maximum Gasteiger partial charge on any atom is 0.244 e. The molecule has 29 heavy (non-hydrogen) atoms. The van der Waals surface area contributed by atoms with Crippen molar-refractivity contribution in [1.29, 1.82) is 0 Å². The Morgan fingerprint density at radius 3 is 2.66 bits per heavy atom. The van der Waals surface area contributed by atoms with Gasteiger partial charge in [0, 0.05) is 24.4 Å². The van der Waals surface area contributed by atoms with Crippen LogP contribution in [-0.2, 0) is 14.4 Å². The van der Waals surface area contributed by atoms with Crippen LogP contribution in [0, 0.1) is 17.8 Å². The molecule has 0 aromatic carbocycles. The number of amides is 3. The molecule has 0 aromatic rings. The van der Waals surface area contributed by atoms with Gasteiger partial charge in [0.05, 0.1) is 23.2 Å². The zero-order valence-corrected chi connectivity index (χ0v) is 18.8. The number of hydrogen-bond acceptors (Lipinski definition) is 5. The fourth-order valence-corrected chi connectivity index (χ4v) is 8.08. The number of nitrogens with one attached hydrogen (secondary N) is 2. The van der Waals surface area contributed by atoms with Gasteiger partial charge in [0.1, 0.15) is 6.04 Å². The van der Waals surface area contributed by atoms with Crippen molar-refractivity contribution in [1.82, 2.24) is 15.5 Å². The van der Waals surface area contributed by atoms with E-state index in [0.29, 0.717) is 6.54 Å². The normalized spacial score (nSPS) is 36.2. The number of hydrogen-bond donors (Lipinski definition) is 3. The minimum absolute atomic E-state index is 0.0246. The minimum atomic E-state index is -0.638. The van der Waals surface area contributed by atoms with Crippen LogP contribution < -0.4 is 10.6 Å². The molecule has 3 rings (SSSR count). The van der Waals surface area contributed by atoms with Crippen molar-refractivity contribution >= 4 is 29.5 Å². The highest BCUT2D eigenvalue weighted by atomic mass is 32.2. The topological polar surface area (TPSA) is 98.7 Å². The SMILES string of the molecule is CCCNC(=O)[C@@H]1[C@@H]2CC(C)C3(S2)C(C(=O)NC(C)CCC)N(CCO)C(=O)[C@H]13. The van der Waals surface area contributed by atoms with Crippen molar-refractivity contribution in [2.24, 2.45) is 17.8 Å². The molecule has 0 aliphatic carbocycles. The van der Waals surface area contributed by atoms with Crippen molar-refractivity contribution in [3.63, 3.8) is 0 Å². The van der Waals surface area contributed by atoms with Crippen LogP contribution in [0.3, 0.4) is 0 Å². The van der Waals surface area contributed by atoms with Gasteiger partial charge >= 0.3 is 0 Å². The molecule has 0 saturated carbocycles. The molecule has 164 valence electrons. The van der Waals surface area contributed by atoms with Crippen LogP contribution in [0.2, 0.25) is 0 Å². The first kappa shape index (κ1) is 22.4. The molecule has 2 bridgehead atoms. The molecule has 7 nitrogen and oxygen atoms in total. The lowest BCUT2D eigenvalue weighted by atomic mass is 9.66. The summed E-state index contributed by atoms with van der Waals surface area (Å²) in [4.78, 5) is 41.3. The van der Waals surface area contributed by atoms with Gasteiger partial charge in [-0.1, -0.05) is 27.2 Å². The summed E-state index contributed by atoms with van der Waals surface area (Å²) in [6.45, 7) is 8.68. The molecular weight excluding hydrogens is 390 g/mol. The predicted molar refractivity (Wildman–Crippen MR) is 113 cm³/mol. The van der Waals surface area contributed by atoms with Crippen LogP contribution in [-0.4, -0.2) is 69.5 Å². The van der Waals surface area contributed by atoms with Gasteiger partial charge in [-0.05, 0) is 32.1 Å². The zero-order valence-electron chi connectivity index (χ0n) is 17.9. The summed E-state index contributed by atoms with van der Waals surface area (Å²) in [5.41, 5.74) is 0. The fourth-order valence-electron chi connectivity index (χ4n) is 5.66. The molecule has 7 atom stereocenters. The van der Waals surface area contributed by atoms with E-state index in [9.17, 15) is 19.5 Å². The first-order valence-electron chi connectivity index (χ1n) is 11.0. The molecule has 1 spiro atoms. The molecule has 8 heteroatoms. The fraction of sp³-hybridized carbons (Fsp3) is 0.857. The van der Waals surface area contributed by atoms with E-state index in [1.54, 1.807) is 16.7 Å². The molecule has 3 aliphatic heterocycles. The predicted octanol–water partition coefficient (Wildman–Crippen LogP) is 1.15. The van der Waals surface area contributed by atoms with Gasteiger partial charge in [-0.25, -0.2) is 0 Å². The van der Waals surface area contributed by atoms with E-state index in [-0.39, 0.29) is 48.1 Å². The van der Waals surface area contributed by atoms with Crippen LogP contribution in [0.5, 0.6) is 0 Å². The van der Waals surface area contributed by atoms with Crippen molar-refractivity contribution in [2.45, 2.75) is 75.5 Å². The van der Waals surface area contributed by atoms with Gasteiger partial charge in [0.25, 0.3) is 0 Å². The minimum Gasteiger partial charge on any atom is -0.395 e. The number of thioether (sulfide) groups is 1. The maximum atomic E-state index is 13.5. The highest BCUT2D eigenvalue weighted by Crippen LogP contribution is 2.68. The molecule has 3 amide bonds. The van der Waals surface area contributed by atoms with Crippen molar-refractivity contribution in [3.8, 4) is 0 Å². The zero-order chi connectivity index (χ0) is 21.3. The Morgan fingerprint density at radius 2 is 2.03 bits per heavy atom. The Kier molecular flexibility index (Phi) is 6.83. The number of aliphatic hydroxyl groups is 1. The van der Waals surface area contributed by atoms with E-state index in [1.807, 2.05) is 13.8 Å². The van der Waals surface area contributed by atoms with E-state index in [2.05, 4.69) is 24.5 Å². The second kappa shape index (κ2) is 8.84. The molecule has 3 aliphatic rings. The molecule has 0 radical (unpaired) electrons. The Balaban J connectivity index is 1.95. The van der Waals surface area contributed by atoms with E-state index >= 15 is 0 Å². The third-order valence-corrected chi connectivity index (χ3v) is 8.87. The lowest BCUT2D eigenvalue weighted by Crippen LogP contribution is -2.57. The van der Waals surface area contributed by atoms with Crippen LogP contribution >= 0.6 is 11.8 Å². The molecule has 3 fully saturated rings. The van der Waals surface area contributed by atoms with Gasteiger partial charge in [-0.15, -0.1) is 11.8 Å². The Bertz CT molecular complexity index is 660. The number of carbonyl (C=O) groups excluding carboxylic acids is 3. The number of β-amino-alcohol motifs (C(OH)–C–C–N with tert-alkyl or cyclic N) is 1. The first-order valence-corrected chi connectivity index (χ1v) is 11.9. The summed E-state index contributed by atoms with van der Waals surface area (Å²) in [7, 11) is 0. The number of aliphatic hydroxyl groups excluding tert-OH is 1. The van der Waals surface area contributed by atoms with E-state index in [1.165, 1.54) is 0 Å². The van der Waals surface area contributed by atoms with Gasteiger partial charge in [-0.3, -0.25) is 14.4 Å². The second-order valence-corrected chi connectivity index (χ2v) is 10.3. The molecular formula is C21H35N3O4S. The smallest absolute Gasteiger partial charge is 0.244 e. The molecule has 3 heterocycles. The highest BCUT2D eigenvalue weighted by molar-refractivity contribution is 8.02. The average Bonchev–Trinajstić information content (AvgIpc) is 3.24. The molecule has 3 N–H and O–H groups in total. The second-order valence-electron chi connectivity index (χ2n) is 8.80. The maximum absolute atomic E-state index is 13.5. The lowest BCUT2D eigenvalue weighted by molar-refractivity contribution is -0.140. The van der Waals surface area contributed by atoms with Crippen molar-refractivity contribution in [2.75, 3.05) is 19.7 Å². The quantitative estimate of drug-likeness (QED) is 0.515. The van der Waals surface area contributed by atoms with Crippen LogP contribution in [0.15, 0.2) is 0 Å². The summed E-state index contributed by atoms with van der Waals surface area (Å²) in [5, 5.41) is 15.7. The Morgan fingerprint density at radius 1 is 1.31 bits per heavy atom. The van der Waals surface area contributed by atoms with Crippen molar-refractivity contribution < 1.29 is 19.5 Å². The standard InChI is InChI=1S/C21H35N3O4S/c1-5-7-13(4)23-19(27)17-21-12(3)11-14(29-21)15(18(26)22-8-6-2)16(21)20(28)24(17)9-10-25/h12-17,25H,5-11H2,1-4H3,(H,22,26)(H,23,27)/t12?,13?,14-,15+,16-,17?,21?/m0/s1. The average molecular weight is 426 g/mol. The van der Waals surface area contributed by atoms with Gasteiger partial charge in [0.2, 0.25) is 17.7 Å². The molecule has 4 unspecified atom stereocenters. The third kappa shape index (κ3) is 3.56. The number of nitrogens with zero attached hydrogens (tertiary/aromatic N) is 1. The summed E-state index contributed by atoms with van der Waals surface area (Å²) < 4.78 is -0.596. The monoisotopic (exact) mass is 425 g/mol. The largest absolute Gasteiger partial charge is 0.395 e. The lowest BCUT2D eigenvalue weighted by Gasteiger charge is -2.39. The summed E-state index contributed by atoms with van der Waals surface area (Å²) in [5.74, 6) is -1.11. The van der Waals surface area contributed by atoms with Crippen LogP contribution in [0.25, 0.3) is 0 Å². The Hall–Kier alpha value is -1.28. The van der Waals surface area contributed by atoms with Gasteiger partial charge < -0.3 is 20.6 Å². The number of rotatable bonds is 9. The van der Waals surface area contributed by atoms with E-state index in [4.69, 9.17) is 0 Å². The number of fused-ring (bicyclic) bond motifs is 1. The van der Waals surface area contributed by atoms with Crippen LogP contribution in [0.4, 0.5) is 0 Å². The summed E-state index contributed by atoms with van der Waals surface area (Å²) >= 11 is 1.67. The highest BCUT2D eigenvalue weighted by Gasteiger charge is 2.75. The van der Waals surface area contributed by atoms with Gasteiger partial charge in [0.15, 0.2) is 0 Å².